The molecule has 2 rings (SSSR count). The van der Waals surface area contributed by atoms with Gasteiger partial charge in [0.1, 0.15) is 5.69 Å². The highest BCUT2D eigenvalue weighted by Crippen LogP contribution is 2.07. The molecule has 2 aromatic rings. The first-order valence-electron chi connectivity index (χ1n) is 7.43. The molecule has 2 N–H and O–H groups in total. The Kier molecular flexibility index (Phi) is 6.38. The molecule has 0 radical (unpaired) electrons. The van der Waals surface area contributed by atoms with E-state index < -0.39 is 0 Å². The number of carbonyl (C=O) groups excluding carboxylic acids is 2. The molecule has 0 saturated heterocycles. The Morgan fingerprint density at radius 2 is 1.87 bits per heavy atom. The number of rotatable bonds is 8. The Bertz CT molecular complexity index is 638. The van der Waals surface area contributed by atoms with Crippen LogP contribution < -0.4 is 10.6 Å². The Balaban J connectivity index is 1.88. The number of aromatic nitrogens is 1. The lowest BCUT2D eigenvalue weighted by molar-refractivity contribution is -0.120. The second kappa shape index (κ2) is 8.75. The van der Waals surface area contributed by atoms with E-state index in [4.69, 9.17) is 4.74 Å². The van der Waals surface area contributed by atoms with Crippen molar-refractivity contribution in [2.24, 2.45) is 0 Å². The fraction of sp³-hybridized carbons (Fsp3) is 0.294. The van der Waals surface area contributed by atoms with Gasteiger partial charge in [-0.05, 0) is 17.7 Å². The third-order valence-corrected chi connectivity index (χ3v) is 3.30. The summed E-state index contributed by atoms with van der Waals surface area (Å²) in [6.07, 6.45) is 1.85. The maximum absolute atomic E-state index is 12.2. The summed E-state index contributed by atoms with van der Waals surface area (Å²) in [4.78, 5) is 23.8. The normalized spacial score (nSPS) is 10.3. The van der Waals surface area contributed by atoms with E-state index in [1.54, 1.807) is 13.2 Å². The summed E-state index contributed by atoms with van der Waals surface area (Å²) in [5, 5.41) is 5.28. The first-order chi connectivity index (χ1) is 11.2. The number of hydrogen-bond donors (Lipinski definition) is 2. The van der Waals surface area contributed by atoms with Crippen molar-refractivity contribution in [1.82, 2.24) is 15.2 Å². The Labute approximate surface area is 135 Å². The minimum atomic E-state index is -0.271. The van der Waals surface area contributed by atoms with E-state index in [1.807, 2.05) is 47.2 Å². The highest BCUT2D eigenvalue weighted by Gasteiger charge is 2.12. The lowest BCUT2D eigenvalue weighted by Gasteiger charge is -2.10. The van der Waals surface area contributed by atoms with Crippen molar-refractivity contribution in [2.45, 2.75) is 6.54 Å². The quantitative estimate of drug-likeness (QED) is 0.715. The van der Waals surface area contributed by atoms with Crippen molar-refractivity contribution in [3.63, 3.8) is 0 Å². The second-order valence-corrected chi connectivity index (χ2v) is 5.03. The Morgan fingerprint density at radius 3 is 2.61 bits per heavy atom. The predicted octanol–water partition coefficient (Wildman–Crippen LogP) is 1.03. The minimum Gasteiger partial charge on any atom is -0.383 e. The van der Waals surface area contributed by atoms with Crippen molar-refractivity contribution < 1.29 is 14.3 Å². The van der Waals surface area contributed by atoms with E-state index in [9.17, 15) is 9.59 Å². The van der Waals surface area contributed by atoms with Crippen LogP contribution in [0.1, 0.15) is 16.1 Å². The van der Waals surface area contributed by atoms with Gasteiger partial charge in [-0.3, -0.25) is 9.59 Å². The van der Waals surface area contributed by atoms with Gasteiger partial charge in [0.25, 0.3) is 5.91 Å². The van der Waals surface area contributed by atoms with Gasteiger partial charge < -0.3 is 19.9 Å². The number of amides is 2. The maximum atomic E-state index is 12.2. The zero-order valence-electron chi connectivity index (χ0n) is 13.1. The molecule has 6 heteroatoms. The highest BCUT2D eigenvalue weighted by molar-refractivity contribution is 5.95. The first-order valence-corrected chi connectivity index (χ1v) is 7.43. The zero-order chi connectivity index (χ0) is 16.5. The van der Waals surface area contributed by atoms with Gasteiger partial charge in [0.2, 0.25) is 5.91 Å². The largest absolute Gasteiger partial charge is 0.383 e. The highest BCUT2D eigenvalue weighted by atomic mass is 16.5. The van der Waals surface area contributed by atoms with Gasteiger partial charge in [0.05, 0.1) is 13.2 Å². The summed E-state index contributed by atoms with van der Waals surface area (Å²) in [5.74, 6) is -0.510. The standard InChI is InChI=1S/C17H21N3O3/c1-23-11-9-18-16(21)12-19-17(22)15-8-5-10-20(15)13-14-6-3-2-4-7-14/h2-8,10H,9,11-13H2,1H3,(H,18,21)(H,19,22). The van der Waals surface area contributed by atoms with Crippen molar-refractivity contribution in [1.29, 1.82) is 0 Å². The van der Waals surface area contributed by atoms with E-state index in [0.717, 1.165) is 5.56 Å². The second-order valence-electron chi connectivity index (χ2n) is 5.03. The SMILES string of the molecule is COCCNC(=O)CNC(=O)c1cccn1Cc1ccccc1. The molecule has 0 saturated carbocycles. The maximum Gasteiger partial charge on any atom is 0.268 e. The van der Waals surface area contributed by atoms with E-state index in [0.29, 0.717) is 25.4 Å². The van der Waals surface area contributed by atoms with Crippen LogP contribution in [0.3, 0.4) is 0 Å². The third-order valence-electron chi connectivity index (χ3n) is 3.30. The molecule has 0 unspecified atom stereocenters. The number of methoxy groups -OCH3 is 1. The Hall–Kier alpha value is -2.60. The van der Waals surface area contributed by atoms with E-state index >= 15 is 0 Å². The molecule has 0 aliphatic heterocycles. The number of ether oxygens (including phenoxy) is 1. The van der Waals surface area contributed by atoms with E-state index in [1.165, 1.54) is 0 Å². The van der Waals surface area contributed by atoms with Crippen LogP contribution in [0.25, 0.3) is 0 Å². The molecule has 1 aromatic carbocycles. The topological polar surface area (TPSA) is 72.4 Å². The van der Waals surface area contributed by atoms with Crippen LogP contribution in [0.4, 0.5) is 0 Å². The van der Waals surface area contributed by atoms with Crippen LogP contribution in [-0.4, -0.2) is 43.2 Å². The number of benzene rings is 1. The molecule has 1 aromatic heterocycles. The van der Waals surface area contributed by atoms with Gasteiger partial charge >= 0.3 is 0 Å². The lowest BCUT2D eigenvalue weighted by Crippen LogP contribution is -2.38. The molecule has 0 bridgehead atoms. The van der Waals surface area contributed by atoms with E-state index in [-0.39, 0.29) is 18.4 Å². The summed E-state index contributed by atoms with van der Waals surface area (Å²) in [6, 6.07) is 13.4. The van der Waals surface area contributed by atoms with Gasteiger partial charge in [-0.15, -0.1) is 0 Å². The zero-order valence-corrected chi connectivity index (χ0v) is 13.1. The van der Waals surface area contributed by atoms with Crippen LogP contribution in [0.5, 0.6) is 0 Å². The minimum absolute atomic E-state index is 0.0565. The molecular weight excluding hydrogens is 294 g/mol. The van der Waals surface area contributed by atoms with Gasteiger partial charge in [-0.1, -0.05) is 30.3 Å². The number of carbonyl (C=O) groups is 2. The molecule has 0 fully saturated rings. The van der Waals surface area contributed by atoms with Crippen LogP contribution >= 0.6 is 0 Å². The van der Waals surface area contributed by atoms with Crippen molar-refractivity contribution in [3.05, 3.63) is 59.9 Å². The van der Waals surface area contributed by atoms with Crippen LogP contribution in [0.2, 0.25) is 0 Å². The molecule has 6 nitrogen and oxygen atoms in total. The smallest absolute Gasteiger partial charge is 0.268 e. The fourth-order valence-corrected chi connectivity index (χ4v) is 2.14. The summed E-state index contributed by atoms with van der Waals surface area (Å²) >= 11 is 0. The molecule has 0 aliphatic rings. The number of nitrogens with zero attached hydrogens (tertiary/aromatic N) is 1. The van der Waals surface area contributed by atoms with Crippen LogP contribution in [-0.2, 0) is 16.1 Å². The van der Waals surface area contributed by atoms with Gasteiger partial charge in [0.15, 0.2) is 0 Å². The summed E-state index contributed by atoms with van der Waals surface area (Å²) < 4.78 is 6.70. The summed E-state index contributed by atoms with van der Waals surface area (Å²) in [6.45, 7) is 1.42. The van der Waals surface area contributed by atoms with Gasteiger partial charge in [0, 0.05) is 26.4 Å². The van der Waals surface area contributed by atoms with E-state index in [2.05, 4.69) is 10.6 Å². The average molecular weight is 315 g/mol. The molecule has 23 heavy (non-hydrogen) atoms. The summed E-state index contributed by atoms with van der Waals surface area (Å²) in [7, 11) is 1.56. The summed E-state index contributed by atoms with van der Waals surface area (Å²) in [5.41, 5.74) is 1.63. The molecule has 2 amide bonds. The molecular formula is C17H21N3O3. The molecule has 0 aliphatic carbocycles. The monoisotopic (exact) mass is 315 g/mol. The third kappa shape index (κ3) is 5.27. The molecule has 122 valence electrons. The van der Waals surface area contributed by atoms with Crippen LogP contribution in [0, 0.1) is 0 Å². The molecule has 0 atom stereocenters. The first kappa shape index (κ1) is 16.8. The van der Waals surface area contributed by atoms with Gasteiger partial charge in [-0.25, -0.2) is 0 Å². The van der Waals surface area contributed by atoms with Crippen LogP contribution in [0.15, 0.2) is 48.7 Å². The van der Waals surface area contributed by atoms with Gasteiger partial charge in [-0.2, -0.15) is 0 Å². The molecule has 1 heterocycles. The fourth-order valence-electron chi connectivity index (χ4n) is 2.14. The Morgan fingerprint density at radius 1 is 1.09 bits per heavy atom. The average Bonchev–Trinajstić information content (AvgIpc) is 3.02. The predicted molar refractivity (Wildman–Crippen MR) is 87.2 cm³/mol. The van der Waals surface area contributed by atoms with Crippen molar-refractivity contribution >= 4 is 11.8 Å². The van der Waals surface area contributed by atoms with Crippen molar-refractivity contribution in [2.75, 3.05) is 26.8 Å². The lowest BCUT2D eigenvalue weighted by atomic mass is 10.2. The number of hydrogen-bond acceptors (Lipinski definition) is 3. The van der Waals surface area contributed by atoms with Crippen molar-refractivity contribution in [3.8, 4) is 0 Å². The number of nitrogens with one attached hydrogen (secondary N) is 2. The molecule has 0 spiro atoms.